The van der Waals surface area contributed by atoms with Gasteiger partial charge >= 0.3 is 0 Å². The second kappa shape index (κ2) is 8.27. The van der Waals surface area contributed by atoms with Crippen molar-refractivity contribution in [2.75, 3.05) is 13.1 Å². The summed E-state index contributed by atoms with van der Waals surface area (Å²) >= 11 is 0. The van der Waals surface area contributed by atoms with Crippen molar-refractivity contribution in [1.82, 2.24) is 15.2 Å². The molecule has 24 heavy (non-hydrogen) atoms. The fourth-order valence-electron chi connectivity index (χ4n) is 3.42. The number of likely N-dealkylation sites (tertiary alicyclic amines) is 1. The van der Waals surface area contributed by atoms with E-state index in [4.69, 9.17) is 0 Å². The fraction of sp³-hybridized carbons (Fsp3) is 0.632. The molecule has 2 aliphatic rings. The molecular weight excluding hydrogens is 302 g/mol. The van der Waals surface area contributed by atoms with E-state index < -0.39 is 0 Å². The second-order valence-corrected chi connectivity index (χ2v) is 6.90. The third-order valence-corrected chi connectivity index (χ3v) is 4.98. The zero-order valence-corrected chi connectivity index (χ0v) is 14.2. The third kappa shape index (κ3) is 4.56. The number of aromatic nitrogens is 1. The van der Waals surface area contributed by atoms with Gasteiger partial charge in [0.05, 0.1) is 6.04 Å². The fourth-order valence-corrected chi connectivity index (χ4v) is 3.42. The zero-order valence-electron chi connectivity index (χ0n) is 14.2. The summed E-state index contributed by atoms with van der Waals surface area (Å²) in [5.74, 6) is 0.605. The molecule has 3 rings (SSSR count). The highest BCUT2D eigenvalue weighted by atomic mass is 16.2. The average Bonchev–Trinajstić information content (AvgIpc) is 3.45. The number of hydrogen-bond acceptors (Lipinski definition) is 3. The van der Waals surface area contributed by atoms with Gasteiger partial charge in [-0.2, -0.15) is 0 Å². The van der Waals surface area contributed by atoms with Crippen molar-refractivity contribution in [3.8, 4) is 0 Å². The van der Waals surface area contributed by atoms with Crippen LogP contribution in [0.3, 0.4) is 0 Å². The first-order valence-corrected chi connectivity index (χ1v) is 9.23. The van der Waals surface area contributed by atoms with E-state index in [1.54, 1.807) is 12.4 Å². The van der Waals surface area contributed by atoms with Gasteiger partial charge in [-0.1, -0.05) is 12.8 Å². The summed E-state index contributed by atoms with van der Waals surface area (Å²) in [6.45, 7) is 1.44. The molecule has 0 bridgehead atoms. The Morgan fingerprint density at radius 2 is 1.92 bits per heavy atom. The molecule has 1 aromatic rings. The Bertz CT molecular complexity index is 557. The Hall–Kier alpha value is -1.91. The number of carbonyl (C=O) groups is 2. The van der Waals surface area contributed by atoms with Gasteiger partial charge in [-0.25, -0.2) is 0 Å². The van der Waals surface area contributed by atoms with Crippen molar-refractivity contribution in [3.63, 3.8) is 0 Å². The smallest absolute Gasteiger partial charge is 0.223 e. The second-order valence-electron chi connectivity index (χ2n) is 6.90. The van der Waals surface area contributed by atoms with E-state index in [0.29, 0.717) is 13.0 Å². The van der Waals surface area contributed by atoms with Crippen LogP contribution >= 0.6 is 0 Å². The highest BCUT2D eigenvalue weighted by Crippen LogP contribution is 2.30. The average molecular weight is 329 g/mol. The highest BCUT2D eigenvalue weighted by molar-refractivity contribution is 5.81. The van der Waals surface area contributed by atoms with E-state index in [0.717, 1.165) is 45.1 Å². The molecule has 1 saturated carbocycles. The third-order valence-electron chi connectivity index (χ3n) is 4.98. The Balaban J connectivity index is 1.52. The van der Waals surface area contributed by atoms with Crippen LogP contribution in [0.5, 0.6) is 0 Å². The van der Waals surface area contributed by atoms with Crippen LogP contribution in [-0.2, 0) is 9.59 Å². The lowest BCUT2D eigenvalue weighted by Gasteiger charge is -2.30. The minimum atomic E-state index is 0.159. The number of pyridine rings is 1. The van der Waals surface area contributed by atoms with Gasteiger partial charge in [-0.05, 0) is 49.8 Å². The minimum absolute atomic E-state index is 0.159. The van der Waals surface area contributed by atoms with Gasteiger partial charge < -0.3 is 10.2 Å². The highest BCUT2D eigenvalue weighted by Gasteiger charge is 2.29. The molecule has 2 fully saturated rings. The summed E-state index contributed by atoms with van der Waals surface area (Å²) in [5.41, 5.74) is 1.18. The van der Waals surface area contributed by atoms with Gasteiger partial charge in [0.15, 0.2) is 0 Å². The number of nitrogens with one attached hydrogen (secondary N) is 1. The molecule has 0 unspecified atom stereocenters. The molecule has 1 saturated heterocycles. The molecule has 5 heteroatoms. The first kappa shape index (κ1) is 16.9. The quantitative estimate of drug-likeness (QED) is 0.816. The van der Waals surface area contributed by atoms with E-state index in [-0.39, 0.29) is 23.8 Å². The van der Waals surface area contributed by atoms with E-state index in [2.05, 4.69) is 10.3 Å². The molecule has 2 heterocycles. The van der Waals surface area contributed by atoms with Crippen LogP contribution in [0.4, 0.5) is 0 Å². The van der Waals surface area contributed by atoms with Gasteiger partial charge in [0, 0.05) is 37.8 Å². The monoisotopic (exact) mass is 329 g/mol. The van der Waals surface area contributed by atoms with Crippen molar-refractivity contribution in [1.29, 1.82) is 0 Å². The lowest BCUT2D eigenvalue weighted by Crippen LogP contribution is -2.35. The summed E-state index contributed by atoms with van der Waals surface area (Å²) in [6, 6.07) is 4.21. The maximum atomic E-state index is 12.7. The van der Waals surface area contributed by atoms with Crippen molar-refractivity contribution in [3.05, 3.63) is 30.1 Å². The Labute approximate surface area is 143 Å². The van der Waals surface area contributed by atoms with Crippen molar-refractivity contribution >= 4 is 11.8 Å². The van der Waals surface area contributed by atoms with Crippen molar-refractivity contribution in [2.24, 2.45) is 5.92 Å². The van der Waals surface area contributed by atoms with Crippen LogP contribution in [0, 0.1) is 5.92 Å². The van der Waals surface area contributed by atoms with Crippen LogP contribution < -0.4 is 5.32 Å². The molecule has 5 nitrogen and oxygen atoms in total. The summed E-state index contributed by atoms with van der Waals surface area (Å²) in [6.07, 6.45) is 11.3. The topological polar surface area (TPSA) is 62.3 Å². The summed E-state index contributed by atoms with van der Waals surface area (Å²) in [5, 5.41) is 2.94. The van der Waals surface area contributed by atoms with Gasteiger partial charge in [-0.3, -0.25) is 14.6 Å². The minimum Gasteiger partial charge on any atom is -0.356 e. The van der Waals surface area contributed by atoms with E-state index >= 15 is 0 Å². The maximum absolute atomic E-state index is 12.7. The summed E-state index contributed by atoms with van der Waals surface area (Å²) < 4.78 is 0. The SMILES string of the molecule is O=C(NCCCC(=O)N1CCCCC[C@@H]1c1ccncc1)C1CC1. The summed E-state index contributed by atoms with van der Waals surface area (Å²) in [7, 11) is 0. The van der Waals surface area contributed by atoms with Crippen molar-refractivity contribution < 1.29 is 9.59 Å². The Morgan fingerprint density at radius 3 is 2.67 bits per heavy atom. The normalized spacial score (nSPS) is 21.2. The number of carbonyl (C=O) groups excluding carboxylic acids is 2. The standard InChI is InChI=1S/C19H27N3O2/c23-18(6-4-11-21-19(24)16-7-8-16)22-14-3-1-2-5-17(22)15-9-12-20-13-10-15/h9-10,12-13,16-17H,1-8,11,14H2,(H,21,24)/t17-/m1/s1. The molecule has 1 aliphatic carbocycles. The number of nitrogens with zero attached hydrogens (tertiary/aromatic N) is 2. The zero-order chi connectivity index (χ0) is 16.8. The lowest BCUT2D eigenvalue weighted by atomic mass is 10.0. The molecule has 1 atom stereocenters. The molecular formula is C19H27N3O2. The van der Waals surface area contributed by atoms with Crippen molar-refractivity contribution in [2.45, 2.75) is 57.4 Å². The number of hydrogen-bond donors (Lipinski definition) is 1. The van der Waals surface area contributed by atoms with Crippen LogP contribution in [-0.4, -0.2) is 34.8 Å². The van der Waals surface area contributed by atoms with Crippen LogP contribution in [0.25, 0.3) is 0 Å². The lowest BCUT2D eigenvalue weighted by molar-refractivity contribution is -0.134. The molecule has 130 valence electrons. The molecule has 0 radical (unpaired) electrons. The first-order valence-electron chi connectivity index (χ1n) is 9.23. The summed E-state index contributed by atoms with van der Waals surface area (Å²) in [4.78, 5) is 30.5. The van der Waals surface area contributed by atoms with E-state index in [9.17, 15) is 9.59 Å². The Kier molecular flexibility index (Phi) is 5.83. The van der Waals surface area contributed by atoms with Gasteiger partial charge in [0.1, 0.15) is 0 Å². The predicted octanol–water partition coefficient (Wildman–Crippen LogP) is 2.83. The van der Waals surface area contributed by atoms with E-state index in [1.165, 1.54) is 12.0 Å². The first-order chi connectivity index (χ1) is 11.8. The van der Waals surface area contributed by atoms with Crippen LogP contribution in [0.15, 0.2) is 24.5 Å². The number of amides is 2. The van der Waals surface area contributed by atoms with Gasteiger partial charge in [-0.15, -0.1) is 0 Å². The van der Waals surface area contributed by atoms with E-state index in [1.807, 2.05) is 17.0 Å². The molecule has 1 aromatic heterocycles. The molecule has 1 N–H and O–H groups in total. The van der Waals surface area contributed by atoms with Crippen LogP contribution in [0.1, 0.15) is 63.0 Å². The van der Waals surface area contributed by atoms with Gasteiger partial charge in [0.2, 0.25) is 11.8 Å². The molecule has 0 spiro atoms. The van der Waals surface area contributed by atoms with Gasteiger partial charge in [0.25, 0.3) is 0 Å². The Morgan fingerprint density at radius 1 is 1.12 bits per heavy atom. The molecule has 2 amide bonds. The molecule has 1 aliphatic heterocycles. The maximum Gasteiger partial charge on any atom is 0.223 e. The predicted molar refractivity (Wildman–Crippen MR) is 92.1 cm³/mol. The van der Waals surface area contributed by atoms with Crippen LogP contribution in [0.2, 0.25) is 0 Å². The molecule has 0 aromatic carbocycles. The number of rotatable bonds is 6. The largest absolute Gasteiger partial charge is 0.356 e.